The highest BCUT2D eigenvalue weighted by Crippen LogP contribution is 2.36. The lowest BCUT2D eigenvalue weighted by atomic mass is 10.1. The zero-order valence-electron chi connectivity index (χ0n) is 13.9. The average Bonchev–Trinajstić information content (AvgIpc) is 3.06. The van der Waals surface area contributed by atoms with Crippen molar-refractivity contribution in [1.82, 2.24) is 9.38 Å². The maximum Gasteiger partial charge on any atom is 0.232 e. The predicted molar refractivity (Wildman–Crippen MR) is 95.9 cm³/mol. The minimum Gasteiger partial charge on any atom is -0.304 e. The van der Waals surface area contributed by atoms with Crippen molar-refractivity contribution in [3.63, 3.8) is 0 Å². The Morgan fingerprint density at radius 2 is 2.00 bits per heavy atom. The summed E-state index contributed by atoms with van der Waals surface area (Å²) in [6, 6.07) is 11.9. The van der Waals surface area contributed by atoms with Gasteiger partial charge in [0.1, 0.15) is 5.65 Å². The lowest BCUT2D eigenvalue weighted by molar-refractivity contribution is 0.590. The van der Waals surface area contributed by atoms with Gasteiger partial charge in [0.15, 0.2) is 0 Å². The van der Waals surface area contributed by atoms with Gasteiger partial charge in [-0.05, 0) is 50.1 Å². The number of fused-ring (bicyclic) bond motifs is 2. The number of nitrogens with zero attached hydrogens (tertiary/aromatic N) is 3. The molecule has 1 aliphatic heterocycles. The lowest BCUT2D eigenvalue weighted by Gasteiger charge is -2.21. The standard InChI is InChI=1S/C18H19N3O2S/c1-12-5-4-6-18-19-16(11-20(12)18)14-7-8-17-15(10-14)9-13(2)21(17)24(3,22)23/h4-8,10-11,13H,9H2,1-3H3. The number of sulfonamides is 1. The van der Waals surface area contributed by atoms with Crippen molar-refractivity contribution in [1.29, 1.82) is 0 Å². The molecule has 2 aromatic heterocycles. The number of imidazole rings is 1. The predicted octanol–water partition coefficient (Wildman–Crippen LogP) is 3.02. The maximum absolute atomic E-state index is 12.0. The van der Waals surface area contributed by atoms with Gasteiger partial charge in [0.25, 0.3) is 0 Å². The van der Waals surface area contributed by atoms with Crippen LogP contribution in [-0.2, 0) is 16.4 Å². The van der Waals surface area contributed by atoms with Gasteiger partial charge in [0, 0.05) is 23.5 Å². The monoisotopic (exact) mass is 341 g/mol. The number of aromatic nitrogens is 2. The zero-order valence-corrected chi connectivity index (χ0v) is 14.7. The number of benzene rings is 1. The first-order valence-electron chi connectivity index (χ1n) is 7.92. The molecular weight excluding hydrogens is 322 g/mol. The second-order valence-corrected chi connectivity index (χ2v) is 8.34. The molecule has 0 fully saturated rings. The lowest BCUT2D eigenvalue weighted by Crippen LogP contribution is -2.34. The van der Waals surface area contributed by atoms with Crippen LogP contribution in [0.15, 0.2) is 42.6 Å². The topological polar surface area (TPSA) is 54.7 Å². The Morgan fingerprint density at radius 1 is 1.21 bits per heavy atom. The first kappa shape index (κ1) is 15.2. The molecule has 1 unspecified atom stereocenters. The molecule has 1 atom stereocenters. The van der Waals surface area contributed by atoms with E-state index in [0.29, 0.717) is 0 Å². The average molecular weight is 341 g/mol. The van der Waals surface area contributed by atoms with Crippen LogP contribution in [-0.4, -0.2) is 30.1 Å². The number of pyridine rings is 1. The Morgan fingerprint density at radius 3 is 2.71 bits per heavy atom. The molecule has 0 N–H and O–H groups in total. The van der Waals surface area contributed by atoms with Crippen LogP contribution in [0.1, 0.15) is 18.2 Å². The molecule has 6 heteroatoms. The Labute approximate surface area is 141 Å². The van der Waals surface area contributed by atoms with Gasteiger partial charge in [-0.15, -0.1) is 0 Å². The van der Waals surface area contributed by atoms with Crippen molar-refractivity contribution in [2.75, 3.05) is 10.6 Å². The Bertz CT molecular complexity index is 1050. The Balaban J connectivity index is 1.82. The highest BCUT2D eigenvalue weighted by molar-refractivity contribution is 7.92. The summed E-state index contributed by atoms with van der Waals surface area (Å²) in [6.07, 6.45) is 4.01. The Hall–Kier alpha value is -2.34. The number of aryl methyl sites for hydroxylation is 1. The van der Waals surface area contributed by atoms with E-state index >= 15 is 0 Å². The minimum absolute atomic E-state index is 0.0476. The molecule has 1 aliphatic rings. The molecule has 1 aromatic carbocycles. The van der Waals surface area contributed by atoms with Gasteiger partial charge in [0.2, 0.25) is 10.0 Å². The normalized spacial score (nSPS) is 17.5. The van der Waals surface area contributed by atoms with Crippen LogP contribution in [0.2, 0.25) is 0 Å². The molecule has 3 heterocycles. The summed E-state index contributed by atoms with van der Waals surface area (Å²) < 4.78 is 27.6. The third kappa shape index (κ3) is 2.29. The number of hydrogen-bond acceptors (Lipinski definition) is 3. The van der Waals surface area contributed by atoms with E-state index in [1.54, 1.807) is 0 Å². The summed E-state index contributed by atoms with van der Waals surface area (Å²) in [5, 5.41) is 0. The van der Waals surface area contributed by atoms with Crippen LogP contribution in [0.4, 0.5) is 5.69 Å². The molecule has 124 valence electrons. The number of hydrogen-bond donors (Lipinski definition) is 0. The fourth-order valence-corrected chi connectivity index (χ4v) is 4.82. The van der Waals surface area contributed by atoms with Crippen LogP contribution < -0.4 is 4.31 Å². The Kier molecular flexibility index (Phi) is 3.22. The van der Waals surface area contributed by atoms with Crippen molar-refractivity contribution < 1.29 is 8.42 Å². The number of anilines is 1. The fraction of sp³-hybridized carbons (Fsp3) is 0.278. The smallest absolute Gasteiger partial charge is 0.232 e. The van der Waals surface area contributed by atoms with Gasteiger partial charge >= 0.3 is 0 Å². The summed E-state index contributed by atoms with van der Waals surface area (Å²) >= 11 is 0. The van der Waals surface area contributed by atoms with Crippen LogP contribution in [0.3, 0.4) is 0 Å². The highest BCUT2D eigenvalue weighted by atomic mass is 32.2. The van der Waals surface area contributed by atoms with E-state index in [4.69, 9.17) is 0 Å². The van der Waals surface area contributed by atoms with Crippen molar-refractivity contribution in [3.8, 4) is 11.3 Å². The van der Waals surface area contributed by atoms with Crippen LogP contribution in [0.5, 0.6) is 0 Å². The molecule has 0 bridgehead atoms. The van der Waals surface area contributed by atoms with Gasteiger partial charge in [0.05, 0.1) is 17.6 Å². The first-order valence-corrected chi connectivity index (χ1v) is 9.77. The van der Waals surface area contributed by atoms with Gasteiger partial charge in [-0.1, -0.05) is 12.1 Å². The molecule has 0 saturated carbocycles. The molecule has 4 rings (SSSR count). The van der Waals surface area contributed by atoms with Crippen molar-refractivity contribution in [2.45, 2.75) is 26.3 Å². The van der Waals surface area contributed by atoms with E-state index in [9.17, 15) is 8.42 Å². The van der Waals surface area contributed by atoms with Gasteiger partial charge in [-0.3, -0.25) is 4.31 Å². The highest BCUT2D eigenvalue weighted by Gasteiger charge is 2.32. The summed E-state index contributed by atoms with van der Waals surface area (Å²) in [5.41, 5.74) is 5.80. The molecule has 24 heavy (non-hydrogen) atoms. The molecular formula is C18H19N3O2S. The van der Waals surface area contributed by atoms with Crippen LogP contribution in [0, 0.1) is 6.92 Å². The van der Waals surface area contributed by atoms with Gasteiger partial charge in [-0.25, -0.2) is 13.4 Å². The summed E-state index contributed by atoms with van der Waals surface area (Å²) in [5.74, 6) is 0. The molecule has 3 aromatic rings. The fourth-order valence-electron chi connectivity index (χ4n) is 3.55. The summed E-state index contributed by atoms with van der Waals surface area (Å²) in [7, 11) is -3.26. The van der Waals surface area contributed by atoms with Gasteiger partial charge in [-0.2, -0.15) is 0 Å². The third-order valence-corrected chi connectivity index (χ3v) is 5.85. The van der Waals surface area contributed by atoms with E-state index in [1.807, 2.05) is 50.4 Å². The maximum atomic E-state index is 12.0. The second-order valence-electron chi connectivity index (χ2n) is 6.48. The van der Waals surface area contributed by atoms with E-state index in [-0.39, 0.29) is 6.04 Å². The third-order valence-electron chi connectivity index (χ3n) is 4.58. The largest absolute Gasteiger partial charge is 0.304 e. The molecule has 0 amide bonds. The van der Waals surface area contributed by atoms with Crippen molar-refractivity contribution in [2.24, 2.45) is 0 Å². The van der Waals surface area contributed by atoms with Crippen molar-refractivity contribution in [3.05, 3.63) is 53.9 Å². The quantitative estimate of drug-likeness (QED) is 0.720. The molecule has 0 spiro atoms. The van der Waals surface area contributed by atoms with Crippen LogP contribution >= 0.6 is 0 Å². The molecule has 0 radical (unpaired) electrons. The summed E-state index contributed by atoms with van der Waals surface area (Å²) in [6.45, 7) is 3.99. The van der Waals surface area contributed by atoms with Crippen molar-refractivity contribution >= 4 is 21.4 Å². The van der Waals surface area contributed by atoms with E-state index < -0.39 is 10.0 Å². The second kappa shape index (κ2) is 5.08. The number of rotatable bonds is 2. The molecule has 0 saturated heterocycles. The molecule has 0 aliphatic carbocycles. The SMILES string of the molecule is Cc1cccc2nc(-c3ccc4c(c3)CC(C)N4S(C)(=O)=O)cn12. The minimum atomic E-state index is -3.26. The van der Waals surface area contributed by atoms with Crippen LogP contribution in [0.25, 0.3) is 16.9 Å². The van der Waals surface area contributed by atoms with E-state index in [2.05, 4.69) is 15.5 Å². The van der Waals surface area contributed by atoms with Gasteiger partial charge < -0.3 is 4.40 Å². The molecule has 5 nitrogen and oxygen atoms in total. The van der Waals surface area contributed by atoms with E-state index in [1.165, 1.54) is 10.6 Å². The zero-order chi connectivity index (χ0) is 17.1. The summed E-state index contributed by atoms with van der Waals surface area (Å²) in [4.78, 5) is 4.69. The first-order chi connectivity index (χ1) is 11.3. The van der Waals surface area contributed by atoms with E-state index in [0.717, 1.165) is 40.3 Å².